The number of benzene rings is 1. The molecular formula is C24H26FN7O2. The van der Waals surface area contributed by atoms with Gasteiger partial charge < -0.3 is 20.3 Å². The lowest BCUT2D eigenvalue weighted by molar-refractivity contribution is 0.388. The number of nitrogens with one attached hydrogen (secondary N) is 3. The number of rotatable bonds is 6. The molecule has 4 aromatic rings. The second kappa shape index (κ2) is 9.05. The SMILES string of the molecule is COc1c(F)cccc1Nc1cc(Nc2ccc(N3CCCCC3)cn2)nc2[nH]n(C)c(=O)c12. The number of aryl methyl sites for hydroxylation is 1. The van der Waals surface area contributed by atoms with Gasteiger partial charge in [0, 0.05) is 26.2 Å². The van der Waals surface area contributed by atoms with Crippen LogP contribution in [0.3, 0.4) is 0 Å². The van der Waals surface area contributed by atoms with Crippen LogP contribution in [0.5, 0.6) is 5.75 Å². The van der Waals surface area contributed by atoms with Crippen molar-refractivity contribution < 1.29 is 9.13 Å². The lowest BCUT2D eigenvalue weighted by atomic mass is 10.1. The summed E-state index contributed by atoms with van der Waals surface area (Å²) in [5, 5.41) is 9.64. The zero-order chi connectivity index (χ0) is 23.7. The minimum Gasteiger partial charge on any atom is -0.492 e. The normalized spacial score (nSPS) is 13.8. The standard InChI is InChI=1S/C24H26FN7O2/c1-31-24(33)21-18(27-17-8-6-7-16(25)22(17)34-2)13-20(29-23(21)30-31)28-19-10-9-15(14-26-19)32-11-4-3-5-12-32/h6-10,13-14H,3-5,11-12H2,1-2H3,(H3,26,27,28,29,30). The van der Waals surface area contributed by atoms with Crippen LogP contribution in [0.15, 0.2) is 47.4 Å². The maximum atomic E-state index is 14.2. The number of aromatic amines is 1. The van der Waals surface area contributed by atoms with Crippen molar-refractivity contribution in [3.05, 3.63) is 58.8 Å². The summed E-state index contributed by atoms with van der Waals surface area (Å²) in [4.78, 5) is 24.2. The van der Waals surface area contributed by atoms with Gasteiger partial charge in [0.05, 0.1) is 30.4 Å². The molecule has 0 radical (unpaired) electrons. The Morgan fingerprint density at radius 1 is 1.06 bits per heavy atom. The van der Waals surface area contributed by atoms with Gasteiger partial charge in [0.15, 0.2) is 17.2 Å². The van der Waals surface area contributed by atoms with Crippen LogP contribution >= 0.6 is 0 Å². The maximum absolute atomic E-state index is 14.2. The average molecular weight is 464 g/mol. The van der Waals surface area contributed by atoms with Gasteiger partial charge in [-0.05, 0) is 43.5 Å². The summed E-state index contributed by atoms with van der Waals surface area (Å²) in [6.07, 6.45) is 5.53. The highest BCUT2D eigenvalue weighted by molar-refractivity contribution is 5.93. The Kier molecular flexibility index (Phi) is 5.79. The third kappa shape index (κ3) is 4.14. The minimum atomic E-state index is -0.504. The number of pyridine rings is 2. The highest BCUT2D eigenvalue weighted by Crippen LogP contribution is 2.33. The van der Waals surface area contributed by atoms with Crippen molar-refractivity contribution in [3.8, 4) is 5.75 Å². The van der Waals surface area contributed by atoms with Gasteiger partial charge in [0.2, 0.25) is 0 Å². The number of para-hydroxylation sites is 1. The highest BCUT2D eigenvalue weighted by atomic mass is 19.1. The predicted molar refractivity (Wildman–Crippen MR) is 131 cm³/mol. The van der Waals surface area contributed by atoms with E-state index in [9.17, 15) is 9.18 Å². The van der Waals surface area contributed by atoms with Crippen molar-refractivity contribution in [2.75, 3.05) is 35.7 Å². The van der Waals surface area contributed by atoms with Gasteiger partial charge in [-0.3, -0.25) is 14.6 Å². The summed E-state index contributed by atoms with van der Waals surface area (Å²) in [6.45, 7) is 2.10. The van der Waals surface area contributed by atoms with Gasteiger partial charge in [-0.25, -0.2) is 14.4 Å². The zero-order valence-corrected chi connectivity index (χ0v) is 19.1. The quantitative estimate of drug-likeness (QED) is 0.392. The molecule has 10 heteroatoms. The van der Waals surface area contributed by atoms with E-state index in [-0.39, 0.29) is 11.3 Å². The summed E-state index contributed by atoms with van der Waals surface area (Å²) in [6, 6.07) is 10.2. The summed E-state index contributed by atoms with van der Waals surface area (Å²) in [7, 11) is 3.01. The minimum absolute atomic E-state index is 0.0595. The van der Waals surface area contributed by atoms with Crippen molar-refractivity contribution in [1.82, 2.24) is 19.7 Å². The first kappa shape index (κ1) is 21.7. The molecule has 3 N–H and O–H groups in total. The molecule has 1 aliphatic rings. The van der Waals surface area contributed by atoms with E-state index in [2.05, 4.69) is 30.6 Å². The molecular weight excluding hydrogens is 437 g/mol. The maximum Gasteiger partial charge on any atom is 0.277 e. The molecule has 1 aliphatic heterocycles. The number of anilines is 5. The topological polar surface area (TPSA) is 100 Å². The monoisotopic (exact) mass is 463 g/mol. The fourth-order valence-electron chi connectivity index (χ4n) is 4.27. The van der Waals surface area contributed by atoms with Gasteiger partial charge in [-0.15, -0.1) is 0 Å². The second-order valence-corrected chi connectivity index (χ2v) is 8.27. The summed E-state index contributed by atoms with van der Waals surface area (Å²) in [5.41, 5.74) is 2.09. The van der Waals surface area contributed by atoms with E-state index in [4.69, 9.17) is 4.74 Å². The average Bonchev–Trinajstić information content (AvgIpc) is 3.13. The number of fused-ring (bicyclic) bond motifs is 1. The van der Waals surface area contributed by atoms with Crippen molar-refractivity contribution in [2.24, 2.45) is 7.05 Å². The molecule has 0 spiro atoms. The fraction of sp³-hybridized carbons (Fsp3) is 0.292. The Hall–Kier alpha value is -4.08. The second-order valence-electron chi connectivity index (χ2n) is 8.27. The van der Waals surface area contributed by atoms with E-state index in [1.807, 2.05) is 18.3 Å². The number of hydrogen-bond donors (Lipinski definition) is 3. The van der Waals surface area contributed by atoms with Gasteiger partial charge >= 0.3 is 0 Å². The molecule has 0 unspecified atom stereocenters. The molecule has 0 amide bonds. The van der Waals surface area contributed by atoms with Crippen LogP contribution in [0.2, 0.25) is 0 Å². The number of methoxy groups -OCH3 is 1. The van der Waals surface area contributed by atoms with E-state index >= 15 is 0 Å². The Bertz CT molecular complexity index is 1370. The number of hydrogen-bond acceptors (Lipinski definition) is 7. The number of aromatic nitrogens is 4. The van der Waals surface area contributed by atoms with Crippen LogP contribution in [-0.2, 0) is 7.05 Å². The Labute approximate surface area is 195 Å². The molecule has 4 heterocycles. The molecule has 1 saturated heterocycles. The summed E-state index contributed by atoms with van der Waals surface area (Å²) < 4.78 is 20.8. The third-order valence-corrected chi connectivity index (χ3v) is 5.98. The number of nitrogens with zero attached hydrogens (tertiary/aromatic N) is 4. The number of piperidine rings is 1. The predicted octanol–water partition coefficient (Wildman–Crippen LogP) is 4.28. The molecule has 0 bridgehead atoms. The Balaban J connectivity index is 1.48. The van der Waals surface area contributed by atoms with Crippen LogP contribution in [0.1, 0.15) is 19.3 Å². The lowest BCUT2D eigenvalue weighted by Crippen LogP contribution is -2.29. The first-order chi connectivity index (χ1) is 16.5. The van der Waals surface area contributed by atoms with Crippen LogP contribution in [0.25, 0.3) is 11.0 Å². The van der Waals surface area contributed by atoms with Crippen LogP contribution < -0.4 is 25.8 Å². The number of halogens is 1. The van der Waals surface area contributed by atoms with Gasteiger partial charge in [0.25, 0.3) is 5.56 Å². The van der Waals surface area contributed by atoms with Gasteiger partial charge in [-0.1, -0.05) is 6.07 Å². The Morgan fingerprint density at radius 2 is 1.88 bits per heavy atom. The first-order valence-electron chi connectivity index (χ1n) is 11.2. The summed E-state index contributed by atoms with van der Waals surface area (Å²) >= 11 is 0. The fourth-order valence-corrected chi connectivity index (χ4v) is 4.27. The van der Waals surface area contributed by atoms with Crippen LogP contribution in [-0.4, -0.2) is 39.9 Å². The molecule has 176 valence electrons. The van der Waals surface area contributed by atoms with Crippen LogP contribution in [0, 0.1) is 5.82 Å². The molecule has 1 aromatic carbocycles. The molecule has 34 heavy (non-hydrogen) atoms. The van der Waals surface area contributed by atoms with E-state index in [1.54, 1.807) is 25.2 Å². The van der Waals surface area contributed by atoms with E-state index in [1.165, 1.54) is 37.1 Å². The molecule has 5 rings (SSSR count). The molecule has 3 aromatic heterocycles. The molecule has 1 fully saturated rings. The van der Waals surface area contributed by atoms with E-state index in [0.29, 0.717) is 34.0 Å². The number of H-pyrrole nitrogens is 1. The zero-order valence-electron chi connectivity index (χ0n) is 19.1. The molecule has 0 atom stereocenters. The smallest absolute Gasteiger partial charge is 0.277 e. The third-order valence-electron chi connectivity index (χ3n) is 5.98. The lowest BCUT2D eigenvalue weighted by Gasteiger charge is -2.28. The molecule has 0 aliphatic carbocycles. The highest BCUT2D eigenvalue weighted by Gasteiger charge is 2.17. The van der Waals surface area contributed by atoms with Crippen molar-refractivity contribution in [2.45, 2.75) is 19.3 Å². The van der Waals surface area contributed by atoms with Crippen LogP contribution in [0.4, 0.5) is 33.1 Å². The molecule has 9 nitrogen and oxygen atoms in total. The first-order valence-corrected chi connectivity index (χ1v) is 11.2. The molecule has 0 saturated carbocycles. The van der Waals surface area contributed by atoms with Gasteiger partial charge in [-0.2, -0.15) is 0 Å². The summed E-state index contributed by atoms with van der Waals surface area (Å²) in [5.74, 6) is 0.658. The van der Waals surface area contributed by atoms with E-state index < -0.39 is 5.82 Å². The Morgan fingerprint density at radius 3 is 2.62 bits per heavy atom. The number of ether oxygens (including phenoxy) is 1. The van der Waals surface area contributed by atoms with Crippen molar-refractivity contribution in [3.63, 3.8) is 0 Å². The van der Waals surface area contributed by atoms with Crippen molar-refractivity contribution in [1.29, 1.82) is 0 Å². The van der Waals surface area contributed by atoms with E-state index in [0.717, 1.165) is 18.8 Å². The van der Waals surface area contributed by atoms with Gasteiger partial charge in [0.1, 0.15) is 17.0 Å². The largest absolute Gasteiger partial charge is 0.492 e. The van der Waals surface area contributed by atoms with Crippen molar-refractivity contribution >= 4 is 39.7 Å².